The van der Waals surface area contributed by atoms with Crippen molar-refractivity contribution in [2.24, 2.45) is 0 Å². The van der Waals surface area contributed by atoms with Crippen molar-refractivity contribution in [1.82, 2.24) is 10.2 Å². The van der Waals surface area contributed by atoms with E-state index in [4.69, 9.17) is 0 Å². The molecule has 18 heavy (non-hydrogen) atoms. The van der Waals surface area contributed by atoms with Gasteiger partial charge in [0.05, 0.1) is 17.5 Å². The maximum atomic E-state index is 11.6. The highest BCUT2D eigenvalue weighted by Gasteiger charge is 2.08. The minimum Gasteiger partial charge on any atom is -0.267 e. The first-order valence-electron chi connectivity index (χ1n) is 5.94. The molecule has 0 aliphatic heterocycles. The van der Waals surface area contributed by atoms with E-state index in [9.17, 15) is 4.79 Å². The Morgan fingerprint density at radius 1 is 1.22 bits per heavy atom. The van der Waals surface area contributed by atoms with Crippen LogP contribution in [0.4, 0.5) is 0 Å². The van der Waals surface area contributed by atoms with Gasteiger partial charge >= 0.3 is 0 Å². The van der Waals surface area contributed by atoms with Gasteiger partial charge in [0.25, 0.3) is 5.56 Å². The van der Waals surface area contributed by atoms with E-state index >= 15 is 0 Å². The summed E-state index contributed by atoms with van der Waals surface area (Å²) in [4.78, 5) is 11.6. The summed E-state index contributed by atoms with van der Waals surface area (Å²) in [5.41, 5.74) is 4.00. The first-order chi connectivity index (χ1) is 8.47. The summed E-state index contributed by atoms with van der Waals surface area (Å²) in [6.07, 6.45) is 0.585. The number of aromatic nitrogens is 2. The van der Waals surface area contributed by atoms with Gasteiger partial charge in [0.1, 0.15) is 8.07 Å². The lowest BCUT2D eigenvalue weighted by Crippen LogP contribution is -2.16. The maximum Gasteiger partial charge on any atom is 0.272 e. The van der Waals surface area contributed by atoms with E-state index in [0.29, 0.717) is 11.8 Å². The van der Waals surface area contributed by atoms with Crippen molar-refractivity contribution < 1.29 is 0 Å². The number of nitrogens with one attached hydrogen (secondary N) is 1. The van der Waals surface area contributed by atoms with Gasteiger partial charge in [0, 0.05) is 5.39 Å². The normalized spacial score (nSPS) is 11.1. The molecule has 0 aliphatic rings. The standard InChI is InChI=1S/C14H16N2OSi/c1-18(2,3)10-6-9-13-11-7-4-5-8-12(11)14(17)16-15-13/h4-5,7-8H,9H2,1-3H3,(H,16,17). The molecule has 1 N–H and O–H groups in total. The number of benzene rings is 1. The molecule has 4 heteroatoms. The molecule has 0 saturated carbocycles. The Hall–Kier alpha value is -1.86. The SMILES string of the molecule is C[Si](C)(C)C#CCc1n[nH]c(=O)c2ccccc12. The van der Waals surface area contributed by atoms with E-state index < -0.39 is 8.07 Å². The molecule has 92 valence electrons. The van der Waals surface area contributed by atoms with Crippen LogP contribution >= 0.6 is 0 Å². The van der Waals surface area contributed by atoms with Crippen molar-refractivity contribution in [3.8, 4) is 11.5 Å². The molecule has 0 unspecified atom stereocenters. The van der Waals surface area contributed by atoms with E-state index in [1.165, 1.54) is 0 Å². The van der Waals surface area contributed by atoms with Gasteiger partial charge in [-0.05, 0) is 6.07 Å². The molecule has 0 saturated heterocycles. The van der Waals surface area contributed by atoms with E-state index in [0.717, 1.165) is 11.1 Å². The van der Waals surface area contributed by atoms with Gasteiger partial charge in [-0.2, -0.15) is 5.10 Å². The predicted octanol–water partition coefficient (Wildman–Crippen LogP) is 2.35. The van der Waals surface area contributed by atoms with Crippen LogP contribution in [0.1, 0.15) is 5.69 Å². The van der Waals surface area contributed by atoms with Gasteiger partial charge in [-0.1, -0.05) is 37.8 Å². The maximum absolute atomic E-state index is 11.6. The van der Waals surface area contributed by atoms with Crippen molar-refractivity contribution in [1.29, 1.82) is 0 Å². The lowest BCUT2D eigenvalue weighted by atomic mass is 10.1. The molecule has 0 bridgehead atoms. The number of hydrogen-bond donors (Lipinski definition) is 1. The fourth-order valence-corrected chi connectivity index (χ4v) is 2.32. The summed E-state index contributed by atoms with van der Waals surface area (Å²) in [6, 6.07) is 7.50. The zero-order chi connectivity index (χ0) is 13.2. The van der Waals surface area contributed by atoms with Gasteiger partial charge in [-0.15, -0.1) is 11.5 Å². The molecule has 0 spiro atoms. The van der Waals surface area contributed by atoms with E-state index in [2.05, 4.69) is 41.3 Å². The Bertz CT molecular complexity index is 686. The van der Waals surface area contributed by atoms with E-state index in [1.54, 1.807) is 0 Å². The zero-order valence-electron chi connectivity index (χ0n) is 10.9. The molecular formula is C14H16N2OSi. The largest absolute Gasteiger partial charge is 0.272 e. The fourth-order valence-electron chi connectivity index (χ4n) is 1.70. The molecule has 0 fully saturated rings. The highest BCUT2D eigenvalue weighted by Crippen LogP contribution is 2.12. The van der Waals surface area contributed by atoms with E-state index in [1.807, 2.05) is 24.3 Å². The summed E-state index contributed by atoms with van der Waals surface area (Å²) in [5.74, 6) is 3.18. The smallest absolute Gasteiger partial charge is 0.267 e. The minimum atomic E-state index is -1.35. The molecular weight excluding hydrogens is 240 g/mol. The number of fused-ring (bicyclic) bond motifs is 1. The number of nitrogens with zero attached hydrogens (tertiary/aromatic N) is 1. The summed E-state index contributed by atoms with van der Waals surface area (Å²) in [5, 5.41) is 8.20. The van der Waals surface area contributed by atoms with Crippen LogP contribution in [-0.4, -0.2) is 18.3 Å². The van der Waals surface area contributed by atoms with Crippen molar-refractivity contribution >= 4 is 18.8 Å². The van der Waals surface area contributed by atoms with Crippen molar-refractivity contribution in [2.45, 2.75) is 26.1 Å². The fraction of sp³-hybridized carbons (Fsp3) is 0.286. The van der Waals surface area contributed by atoms with Gasteiger partial charge in [0.2, 0.25) is 0 Å². The molecule has 0 aliphatic carbocycles. The van der Waals surface area contributed by atoms with Crippen molar-refractivity contribution in [2.75, 3.05) is 0 Å². The van der Waals surface area contributed by atoms with Crippen LogP contribution in [0, 0.1) is 11.5 Å². The van der Waals surface area contributed by atoms with Crippen LogP contribution in [0.15, 0.2) is 29.1 Å². The first kappa shape index (κ1) is 12.6. The third kappa shape index (κ3) is 2.87. The second kappa shape index (κ2) is 4.79. The Kier molecular flexibility index (Phi) is 3.35. The van der Waals surface area contributed by atoms with Crippen LogP contribution in [-0.2, 0) is 6.42 Å². The topological polar surface area (TPSA) is 45.8 Å². The molecule has 2 aromatic rings. The van der Waals surface area contributed by atoms with Gasteiger partial charge in [-0.25, -0.2) is 5.10 Å². The van der Waals surface area contributed by atoms with Gasteiger partial charge in [-0.3, -0.25) is 4.79 Å². The quantitative estimate of drug-likeness (QED) is 0.629. The second-order valence-electron chi connectivity index (χ2n) is 5.27. The Morgan fingerprint density at radius 3 is 2.56 bits per heavy atom. The molecule has 1 aromatic heterocycles. The molecule has 1 aromatic carbocycles. The lowest BCUT2D eigenvalue weighted by Gasteiger charge is -2.04. The third-order valence-corrected chi connectivity index (χ3v) is 3.42. The monoisotopic (exact) mass is 256 g/mol. The second-order valence-corrected chi connectivity index (χ2v) is 10.0. The molecule has 1 heterocycles. The van der Waals surface area contributed by atoms with Crippen LogP contribution in [0.3, 0.4) is 0 Å². The average Bonchev–Trinajstić information content (AvgIpc) is 2.31. The predicted molar refractivity (Wildman–Crippen MR) is 77.2 cm³/mol. The highest BCUT2D eigenvalue weighted by molar-refractivity contribution is 6.83. The number of rotatable bonds is 1. The third-order valence-electron chi connectivity index (χ3n) is 2.49. The van der Waals surface area contributed by atoms with Gasteiger partial charge in [0.15, 0.2) is 0 Å². The summed E-state index contributed by atoms with van der Waals surface area (Å²) in [6.45, 7) is 6.62. The Labute approximate surface area is 107 Å². The van der Waals surface area contributed by atoms with Gasteiger partial charge < -0.3 is 0 Å². The Morgan fingerprint density at radius 2 is 1.89 bits per heavy atom. The van der Waals surface area contributed by atoms with Crippen LogP contribution in [0.25, 0.3) is 10.8 Å². The molecule has 2 rings (SSSR count). The molecule has 3 nitrogen and oxygen atoms in total. The van der Waals surface area contributed by atoms with E-state index in [-0.39, 0.29) is 5.56 Å². The Balaban J connectivity index is 2.43. The van der Waals surface area contributed by atoms with Crippen LogP contribution in [0.5, 0.6) is 0 Å². The zero-order valence-corrected chi connectivity index (χ0v) is 11.9. The lowest BCUT2D eigenvalue weighted by molar-refractivity contribution is 0.950. The molecule has 0 atom stereocenters. The molecule has 0 radical (unpaired) electrons. The minimum absolute atomic E-state index is 0.146. The van der Waals surface area contributed by atoms with Crippen LogP contribution in [0.2, 0.25) is 19.6 Å². The first-order valence-corrected chi connectivity index (χ1v) is 9.44. The summed E-state index contributed by atoms with van der Waals surface area (Å²) < 4.78 is 0. The average molecular weight is 256 g/mol. The molecule has 0 amide bonds. The van der Waals surface area contributed by atoms with Crippen LogP contribution < -0.4 is 5.56 Å². The number of H-pyrrole nitrogens is 1. The summed E-state index contributed by atoms with van der Waals surface area (Å²) in [7, 11) is -1.35. The number of aromatic amines is 1. The highest BCUT2D eigenvalue weighted by atomic mass is 28.3. The number of hydrogen-bond acceptors (Lipinski definition) is 2. The summed E-state index contributed by atoms with van der Waals surface area (Å²) >= 11 is 0. The van der Waals surface area contributed by atoms with Crippen molar-refractivity contribution in [3.05, 3.63) is 40.3 Å². The van der Waals surface area contributed by atoms with Crippen molar-refractivity contribution in [3.63, 3.8) is 0 Å².